The van der Waals surface area contributed by atoms with Gasteiger partial charge in [-0.3, -0.25) is 24.1 Å². The minimum Gasteiger partial charge on any atom is -0.480 e. The maximum atomic E-state index is 12.5. The lowest BCUT2D eigenvalue weighted by Crippen LogP contribution is -2.47. The number of imide groups is 1. The van der Waals surface area contributed by atoms with Crippen LogP contribution < -0.4 is 5.32 Å². The molecule has 0 spiro atoms. The molecule has 9 nitrogen and oxygen atoms in total. The van der Waals surface area contributed by atoms with Gasteiger partial charge in [-0.25, -0.2) is 4.79 Å². The van der Waals surface area contributed by atoms with Crippen molar-refractivity contribution < 1.29 is 29.1 Å². The highest BCUT2D eigenvalue weighted by Crippen LogP contribution is 2.22. The average molecular weight is 375 g/mol. The van der Waals surface area contributed by atoms with Gasteiger partial charge in [0.25, 0.3) is 11.8 Å². The van der Waals surface area contributed by atoms with Gasteiger partial charge >= 0.3 is 5.97 Å². The van der Waals surface area contributed by atoms with E-state index in [1.165, 1.54) is 13.8 Å². The Balaban J connectivity index is 2.03. The molecule has 0 saturated heterocycles. The van der Waals surface area contributed by atoms with Gasteiger partial charge < -0.3 is 15.3 Å². The molecule has 144 valence electrons. The van der Waals surface area contributed by atoms with E-state index in [1.807, 2.05) is 0 Å². The van der Waals surface area contributed by atoms with Crippen LogP contribution >= 0.6 is 0 Å². The highest BCUT2D eigenvalue weighted by Gasteiger charge is 2.35. The van der Waals surface area contributed by atoms with Crippen molar-refractivity contribution in [2.45, 2.75) is 26.3 Å². The molecule has 1 aromatic rings. The van der Waals surface area contributed by atoms with Crippen LogP contribution in [-0.4, -0.2) is 70.2 Å². The van der Waals surface area contributed by atoms with Crippen LogP contribution in [0.15, 0.2) is 24.3 Å². The fourth-order valence-corrected chi connectivity index (χ4v) is 2.81. The quantitative estimate of drug-likeness (QED) is 0.622. The number of nitrogens with one attached hydrogen (secondary N) is 1. The number of carboxylic acids is 1. The Morgan fingerprint density at radius 1 is 1.15 bits per heavy atom. The summed E-state index contributed by atoms with van der Waals surface area (Å²) in [6.07, 6.45) is -0.205. The normalized spacial score (nSPS) is 13.9. The molecule has 9 heteroatoms. The molecular weight excluding hydrogens is 354 g/mol. The summed E-state index contributed by atoms with van der Waals surface area (Å²) in [6, 6.07) is 5.29. The number of rotatable bonds is 8. The first-order valence-corrected chi connectivity index (χ1v) is 8.46. The summed E-state index contributed by atoms with van der Waals surface area (Å²) in [6.45, 7) is 2.64. The predicted molar refractivity (Wildman–Crippen MR) is 93.9 cm³/mol. The zero-order chi connectivity index (χ0) is 20.1. The largest absolute Gasteiger partial charge is 0.480 e. The first-order valence-electron chi connectivity index (χ1n) is 8.46. The summed E-state index contributed by atoms with van der Waals surface area (Å²) in [5, 5.41) is 11.7. The highest BCUT2D eigenvalue weighted by molar-refractivity contribution is 6.21. The average Bonchev–Trinajstić information content (AvgIpc) is 2.87. The zero-order valence-corrected chi connectivity index (χ0v) is 15.1. The fraction of sp³-hybridized carbons (Fsp3) is 0.389. The molecule has 2 rings (SSSR count). The number of benzene rings is 1. The molecular formula is C18H21N3O6. The molecule has 1 aliphatic rings. The maximum absolute atomic E-state index is 12.5. The smallest absolute Gasteiger partial charge is 0.326 e. The third kappa shape index (κ3) is 4.49. The molecule has 1 aliphatic heterocycles. The second-order valence-corrected chi connectivity index (χ2v) is 6.14. The molecule has 4 amide bonds. The topological polar surface area (TPSA) is 124 Å². The zero-order valence-electron chi connectivity index (χ0n) is 15.1. The molecule has 1 heterocycles. The standard InChI is InChI=1S/C18H21N3O6/c1-11(18(26)27)20(10-8-19-12(2)22)15(23)7-9-21-16(24)13-5-3-4-6-14(13)17(21)25/h3-6,11H,7-10H2,1-2H3,(H,19,22)(H,26,27). The van der Waals surface area contributed by atoms with E-state index >= 15 is 0 Å². The summed E-state index contributed by atoms with van der Waals surface area (Å²) in [7, 11) is 0. The van der Waals surface area contributed by atoms with E-state index in [0.717, 1.165) is 9.80 Å². The van der Waals surface area contributed by atoms with Crippen LogP contribution in [0.2, 0.25) is 0 Å². The van der Waals surface area contributed by atoms with Crippen LogP contribution in [0.1, 0.15) is 41.0 Å². The molecule has 27 heavy (non-hydrogen) atoms. The lowest BCUT2D eigenvalue weighted by atomic mass is 10.1. The van der Waals surface area contributed by atoms with Crippen molar-refractivity contribution in [1.29, 1.82) is 0 Å². The molecule has 0 aliphatic carbocycles. The van der Waals surface area contributed by atoms with E-state index in [4.69, 9.17) is 0 Å². The molecule has 0 saturated carbocycles. The fourth-order valence-electron chi connectivity index (χ4n) is 2.81. The summed E-state index contributed by atoms with van der Waals surface area (Å²) in [5.41, 5.74) is 0.577. The minimum atomic E-state index is -1.19. The lowest BCUT2D eigenvalue weighted by molar-refractivity contribution is -0.149. The van der Waals surface area contributed by atoms with Crippen LogP contribution in [0, 0.1) is 0 Å². The van der Waals surface area contributed by atoms with Crippen molar-refractivity contribution in [1.82, 2.24) is 15.1 Å². The van der Waals surface area contributed by atoms with Crippen LogP contribution in [0.5, 0.6) is 0 Å². The van der Waals surface area contributed by atoms with Gasteiger partial charge in [-0.2, -0.15) is 0 Å². The lowest BCUT2D eigenvalue weighted by Gasteiger charge is -2.27. The summed E-state index contributed by atoms with van der Waals surface area (Å²) >= 11 is 0. The second kappa shape index (κ2) is 8.43. The van der Waals surface area contributed by atoms with E-state index in [9.17, 15) is 29.1 Å². The Bertz CT molecular complexity index is 756. The summed E-state index contributed by atoms with van der Waals surface area (Å²) in [5.74, 6) is -2.95. The molecule has 0 aromatic heterocycles. The second-order valence-electron chi connectivity index (χ2n) is 6.14. The predicted octanol–water partition coefficient (Wildman–Crippen LogP) is 0.111. The Kier molecular flexibility index (Phi) is 6.27. The SMILES string of the molecule is CC(=O)NCCN(C(=O)CCN1C(=O)c2ccccc2C1=O)C(C)C(=O)O. The van der Waals surface area contributed by atoms with Gasteiger partial charge in [-0.1, -0.05) is 12.1 Å². The van der Waals surface area contributed by atoms with E-state index in [1.54, 1.807) is 24.3 Å². The van der Waals surface area contributed by atoms with Crippen molar-refractivity contribution >= 4 is 29.6 Å². The number of carbonyl (C=O) groups is 5. The number of carboxylic acid groups (broad SMARTS) is 1. The van der Waals surface area contributed by atoms with E-state index in [2.05, 4.69) is 5.32 Å². The van der Waals surface area contributed by atoms with Gasteiger partial charge in [0, 0.05) is 33.0 Å². The Hall–Kier alpha value is -3.23. The summed E-state index contributed by atoms with van der Waals surface area (Å²) < 4.78 is 0. The third-order valence-corrected chi connectivity index (χ3v) is 4.30. The number of carbonyl (C=O) groups excluding carboxylic acids is 4. The number of hydrogen-bond acceptors (Lipinski definition) is 5. The number of nitrogens with zero attached hydrogens (tertiary/aromatic N) is 2. The van der Waals surface area contributed by atoms with Gasteiger partial charge in [0.05, 0.1) is 11.1 Å². The Labute approximate surface area is 155 Å². The minimum absolute atomic E-state index is 0.00793. The molecule has 1 aromatic carbocycles. The van der Waals surface area contributed by atoms with Gasteiger partial charge in [0.15, 0.2) is 0 Å². The number of amides is 4. The van der Waals surface area contributed by atoms with Crippen molar-refractivity contribution in [3.8, 4) is 0 Å². The molecule has 1 atom stereocenters. The van der Waals surface area contributed by atoms with Gasteiger partial charge in [-0.05, 0) is 19.1 Å². The van der Waals surface area contributed by atoms with Crippen LogP contribution in [0.3, 0.4) is 0 Å². The van der Waals surface area contributed by atoms with E-state index < -0.39 is 29.7 Å². The monoisotopic (exact) mass is 375 g/mol. The number of hydrogen-bond donors (Lipinski definition) is 2. The Morgan fingerprint density at radius 3 is 2.19 bits per heavy atom. The molecule has 2 N–H and O–H groups in total. The molecule has 1 unspecified atom stereocenters. The van der Waals surface area contributed by atoms with Crippen LogP contribution in [0.4, 0.5) is 0 Å². The highest BCUT2D eigenvalue weighted by atomic mass is 16.4. The van der Waals surface area contributed by atoms with Gasteiger partial charge in [0.1, 0.15) is 6.04 Å². The van der Waals surface area contributed by atoms with E-state index in [0.29, 0.717) is 0 Å². The van der Waals surface area contributed by atoms with Crippen molar-refractivity contribution in [3.63, 3.8) is 0 Å². The molecule has 0 radical (unpaired) electrons. The number of aliphatic carboxylic acids is 1. The molecule has 0 bridgehead atoms. The first-order chi connectivity index (χ1) is 12.7. The van der Waals surface area contributed by atoms with Gasteiger partial charge in [0.2, 0.25) is 11.8 Å². The number of fused-ring (bicyclic) bond motifs is 1. The van der Waals surface area contributed by atoms with Crippen molar-refractivity contribution in [2.75, 3.05) is 19.6 Å². The van der Waals surface area contributed by atoms with Crippen LogP contribution in [0.25, 0.3) is 0 Å². The van der Waals surface area contributed by atoms with Crippen LogP contribution in [-0.2, 0) is 14.4 Å². The third-order valence-electron chi connectivity index (χ3n) is 4.30. The summed E-state index contributed by atoms with van der Waals surface area (Å²) in [4.78, 5) is 61.5. The van der Waals surface area contributed by atoms with Crippen molar-refractivity contribution in [2.24, 2.45) is 0 Å². The maximum Gasteiger partial charge on any atom is 0.326 e. The van der Waals surface area contributed by atoms with Gasteiger partial charge in [-0.15, -0.1) is 0 Å². The Morgan fingerprint density at radius 2 is 1.70 bits per heavy atom. The first kappa shape index (κ1) is 20.1. The van der Waals surface area contributed by atoms with Crippen molar-refractivity contribution in [3.05, 3.63) is 35.4 Å². The molecule has 0 fully saturated rings. The van der Waals surface area contributed by atoms with E-state index in [-0.39, 0.29) is 43.1 Å².